The Morgan fingerprint density at radius 3 is 2.51 bits per heavy atom. The van der Waals surface area contributed by atoms with E-state index in [-0.39, 0.29) is 42.7 Å². The van der Waals surface area contributed by atoms with Crippen LogP contribution in [0.5, 0.6) is 0 Å². The Balaban J connectivity index is 1.11. The molecule has 41 heavy (non-hydrogen) atoms. The quantitative estimate of drug-likeness (QED) is 0.334. The molecular weight excluding hydrogens is 518 g/mol. The van der Waals surface area contributed by atoms with Gasteiger partial charge in [0.25, 0.3) is 5.91 Å². The van der Waals surface area contributed by atoms with Crippen LogP contribution in [0.4, 0.5) is 5.95 Å². The minimum atomic E-state index is -0.564. The first kappa shape index (κ1) is 28.6. The summed E-state index contributed by atoms with van der Waals surface area (Å²) in [5.74, 6) is 0.592. The van der Waals surface area contributed by atoms with Crippen LogP contribution in [0, 0.1) is 5.92 Å². The van der Waals surface area contributed by atoms with E-state index >= 15 is 0 Å². The highest BCUT2D eigenvalue weighted by atomic mass is 16.6. The van der Waals surface area contributed by atoms with E-state index in [0.717, 1.165) is 54.8 Å². The lowest BCUT2D eigenvalue weighted by molar-refractivity contribution is -0.155. The van der Waals surface area contributed by atoms with Crippen LogP contribution in [0.1, 0.15) is 81.1 Å². The number of anilines is 1. The maximum atomic E-state index is 13.4. The second-order valence-corrected chi connectivity index (χ2v) is 12.4. The summed E-state index contributed by atoms with van der Waals surface area (Å²) in [7, 11) is 0. The normalized spacial score (nSPS) is 21.2. The van der Waals surface area contributed by atoms with E-state index in [1.165, 1.54) is 0 Å². The van der Waals surface area contributed by atoms with Crippen molar-refractivity contribution in [1.29, 1.82) is 0 Å². The maximum absolute atomic E-state index is 13.4. The van der Waals surface area contributed by atoms with Crippen LogP contribution in [0.25, 0.3) is 11.0 Å². The van der Waals surface area contributed by atoms with Crippen molar-refractivity contribution in [3.63, 3.8) is 0 Å². The van der Waals surface area contributed by atoms with Crippen molar-refractivity contribution in [2.75, 3.05) is 25.0 Å². The van der Waals surface area contributed by atoms with Crippen LogP contribution < -0.4 is 10.6 Å². The standard InChI is InChI=1S/C32H41N5O4/c1-32(2,3)41-29(39)18-22-16-17-37(30(40)25-9-5-4-8-24(22)25)20-28(38)34-23-14-12-21(13-15-23)19-33-31-35-26-10-6-7-11-27(26)36-31/h4-11,21-23H,12-20H2,1-3H3,(H,34,38)(H2,33,35,36). The highest BCUT2D eigenvalue weighted by molar-refractivity contribution is 5.98. The van der Waals surface area contributed by atoms with Crippen molar-refractivity contribution < 1.29 is 19.1 Å². The first-order chi connectivity index (χ1) is 19.6. The molecule has 1 aliphatic carbocycles. The third kappa shape index (κ3) is 7.45. The molecule has 0 spiro atoms. The summed E-state index contributed by atoms with van der Waals surface area (Å²) < 4.78 is 5.55. The largest absolute Gasteiger partial charge is 0.460 e. The minimum Gasteiger partial charge on any atom is -0.460 e. The number of para-hydroxylation sites is 2. The lowest BCUT2D eigenvalue weighted by atomic mass is 9.86. The van der Waals surface area contributed by atoms with E-state index in [4.69, 9.17) is 4.74 Å². The van der Waals surface area contributed by atoms with Gasteiger partial charge in [-0.15, -0.1) is 0 Å². The van der Waals surface area contributed by atoms with Gasteiger partial charge in [-0.2, -0.15) is 0 Å². The highest BCUT2D eigenvalue weighted by Crippen LogP contribution is 2.32. The number of ether oxygens (including phenoxy) is 1. The van der Waals surface area contributed by atoms with E-state index in [9.17, 15) is 14.4 Å². The van der Waals surface area contributed by atoms with Crippen molar-refractivity contribution in [3.05, 3.63) is 59.7 Å². The Morgan fingerprint density at radius 2 is 1.76 bits per heavy atom. The molecule has 1 atom stereocenters. The molecule has 9 nitrogen and oxygen atoms in total. The smallest absolute Gasteiger partial charge is 0.306 e. The summed E-state index contributed by atoms with van der Waals surface area (Å²) in [6.07, 6.45) is 4.65. The molecule has 1 aliphatic heterocycles. The molecule has 3 N–H and O–H groups in total. The SMILES string of the molecule is CC(C)(C)OC(=O)CC1CCN(CC(=O)NC2CCC(CNc3nc4ccccc4[nH]3)CC2)C(=O)c2ccccc21. The second-order valence-electron chi connectivity index (χ2n) is 12.4. The van der Waals surface area contributed by atoms with Crippen LogP contribution in [0.15, 0.2) is 48.5 Å². The monoisotopic (exact) mass is 559 g/mol. The molecule has 1 aromatic heterocycles. The van der Waals surface area contributed by atoms with Crippen LogP contribution in [0.2, 0.25) is 0 Å². The predicted molar refractivity (Wildman–Crippen MR) is 159 cm³/mol. The number of rotatable bonds is 8. The molecule has 9 heteroatoms. The van der Waals surface area contributed by atoms with Crippen molar-refractivity contribution in [1.82, 2.24) is 20.2 Å². The number of benzene rings is 2. The summed E-state index contributed by atoms with van der Waals surface area (Å²) in [6, 6.07) is 15.5. The number of aromatic nitrogens is 2. The van der Waals surface area contributed by atoms with Crippen molar-refractivity contribution >= 4 is 34.8 Å². The van der Waals surface area contributed by atoms with E-state index in [1.807, 2.05) is 63.2 Å². The molecular formula is C32H41N5O4. The van der Waals surface area contributed by atoms with Gasteiger partial charge in [0.05, 0.1) is 24.0 Å². The number of hydrogen-bond acceptors (Lipinski definition) is 6. The number of hydrogen-bond donors (Lipinski definition) is 3. The Morgan fingerprint density at radius 1 is 1.02 bits per heavy atom. The molecule has 218 valence electrons. The van der Waals surface area contributed by atoms with Crippen LogP contribution >= 0.6 is 0 Å². The number of amides is 2. The van der Waals surface area contributed by atoms with E-state index in [0.29, 0.717) is 24.4 Å². The van der Waals surface area contributed by atoms with Crippen LogP contribution in [-0.2, 0) is 14.3 Å². The molecule has 0 bridgehead atoms. The van der Waals surface area contributed by atoms with Gasteiger partial charge in [-0.1, -0.05) is 30.3 Å². The third-order valence-electron chi connectivity index (χ3n) is 7.99. The molecule has 1 fully saturated rings. The number of carbonyl (C=O) groups excluding carboxylic acids is 3. The summed E-state index contributed by atoms with van der Waals surface area (Å²) in [5.41, 5.74) is 2.81. The lowest BCUT2D eigenvalue weighted by Gasteiger charge is -2.30. The number of imidazole rings is 1. The number of nitrogens with one attached hydrogen (secondary N) is 3. The average Bonchev–Trinajstić information content (AvgIpc) is 3.31. The number of esters is 1. The van der Waals surface area contributed by atoms with Gasteiger partial charge in [0.2, 0.25) is 11.9 Å². The van der Waals surface area contributed by atoms with Crippen molar-refractivity contribution in [2.24, 2.45) is 5.92 Å². The zero-order valence-electron chi connectivity index (χ0n) is 24.2. The Bertz CT molecular complexity index is 1350. The molecule has 1 saturated carbocycles. The highest BCUT2D eigenvalue weighted by Gasteiger charge is 2.32. The van der Waals surface area contributed by atoms with Gasteiger partial charge in [-0.25, -0.2) is 4.98 Å². The molecule has 3 aromatic rings. The van der Waals surface area contributed by atoms with Gasteiger partial charge in [0, 0.05) is 24.7 Å². The fourth-order valence-corrected chi connectivity index (χ4v) is 5.97. The van der Waals surface area contributed by atoms with Crippen molar-refractivity contribution in [2.45, 2.75) is 76.9 Å². The van der Waals surface area contributed by atoms with Gasteiger partial charge < -0.3 is 25.3 Å². The van der Waals surface area contributed by atoms with Gasteiger partial charge in [-0.05, 0) is 88.5 Å². The van der Waals surface area contributed by atoms with Crippen molar-refractivity contribution in [3.8, 4) is 0 Å². The van der Waals surface area contributed by atoms with Crippen LogP contribution in [-0.4, -0.2) is 63.9 Å². The lowest BCUT2D eigenvalue weighted by Crippen LogP contribution is -2.45. The van der Waals surface area contributed by atoms with Gasteiger partial charge in [0.1, 0.15) is 5.60 Å². The zero-order chi connectivity index (χ0) is 29.0. The molecule has 2 aliphatic rings. The maximum Gasteiger partial charge on any atom is 0.306 e. The number of aromatic amines is 1. The number of carbonyl (C=O) groups is 3. The Kier molecular flexibility index (Phi) is 8.61. The second kappa shape index (κ2) is 12.3. The fourth-order valence-electron chi connectivity index (χ4n) is 5.97. The molecule has 2 aromatic carbocycles. The molecule has 2 amide bonds. The summed E-state index contributed by atoms with van der Waals surface area (Å²) in [4.78, 5) is 48.6. The van der Waals surface area contributed by atoms with Crippen LogP contribution in [0.3, 0.4) is 0 Å². The molecule has 5 rings (SSSR count). The topological polar surface area (TPSA) is 116 Å². The van der Waals surface area contributed by atoms with Gasteiger partial charge in [0.15, 0.2) is 0 Å². The van der Waals surface area contributed by atoms with E-state index in [1.54, 1.807) is 11.0 Å². The summed E-state index contributed by atoms with van der Waals surface area (Å²) in [5, 5.41) is 6.60. The third-order valence-corrected chi connectivity index (χ3v) is 7.99. The summed E-state index contributed by atoms with van der Waals surface area (Å²) in [6.45, 7) is 6.81. The molecule has 2 heterocycles. The summed E-state index contributed by atoms with van der Waals surface area (Å²) >= 11 is 0. The number of H-pyrrole nitrogens is 1. The minimum absolute atomic E-state index is 0.0138. The Hall–Kier alpha value is -3.88. The van der Waals surface area contributed by atoms with Gasteiger partial charge in [-0.3, -0.25) is 14.4 Å². The Labute approximate surface area is 241 Å². The first-order valence-corrected chi connectivity index (χ1v) is 14.7. The molecule has 1 unspecified atom stereocenters. The number of fused-ring (bicyclic) bond motifs is 2. The zero-order valence-corrected chi connectivity index (χ0v) is 24.2. The van der Waals surface area contributed by atoms with E-state index in [2.05, 4.69) is 20.6 Å². The first-order valence-electron chi connectivity index (χ1n) is 14.7. The van der Waals surface area contributed by atoms with E-state index < -0.39 is 5.60 Å². The fraction of sp³-hybridized carbons (Fsp3) is 0.500. The molecule has 0 saturated heterocycles. The predicted octanol–water partition coefficient (Wildman–Crippen LogP) is 5.01. The van der Waals surface area contributed by atoms with Gasteiger partial charge >= 0.3 is 5.97 Å². The molecule has 0 radical (unpaired) electrons. The average molecular weight is 560 g/mol. The number of nitrogens with zero attached hydrogens (tertiary/aromatic N) is 2.